The first-order valence-electron chi connectivity index (χ1n) is 14.5. The Labute approximate surface area is 263 Å². The van der Waals surface area contributed by atoms with Crippen LogP contribution in [0.2, 0.25) is 10.0 Å². The number of nitrogens with one attached hydrogen (secondary N) is 2. The number of aryl methyl sites for hydroxylation is 1. The Morgan fingerprint density at radius 1 is 1.02 bits per heavy atom. The number of benzene rings is 3. The minimum Gasteiger partial charge on any atom is -0.492 e. The lowest BCUT2D eigenvalue weighted by Crippen LogP contribution is -2.46. The number of hydrogen-bond donors (Lipinski definition) is 2. The Bertz CT molecular complexity index is 1610. The topological polar surface area (TPSA) is 84.7 Å². The van der Waals surface area contributed by atoms with Gasteiger partial charge in [0.25, 0.3) is 5.91 Å². The van der Waals surface area contributed by atoms with Crippen molar-refractivity contribution in [3.8, 4) is 5.75 Å². The van der Waals surface area contributed by atoms with Gasteiger partial charge < -0.3 is 14.6 Å². The van der Waals surface area contributed by atoms with Crippen molar-refractivity contribution in [1.82, 2.24) is 15.3 Å². The largest absolute Gasteiger partial charge is 0.492 e. The molecule has 226 valence electrons. The summed E-state index contributed by atoms with van der Waals surface area (Å²) in [6.45, 7) is 9.20. The molecule has 0 saturated carbocycles. The van der Waals surface area contributed by atoms with Gasteiger partial charge in [0.05, 0.1) is 17.8 Å². The van der Waals surface area contributed by atoms with Gasteiger partial charge in [-0.1, -0.05) is 85.1 Å². The molecule has 2 amide bonds. The first-order valence-corrected chi connectivity index (χ1v) is 15.2. The normalized spacial score (nSPS) is 12.2. The maximum atomic E-state index is 13.1. The van der Waals surface area contributed by atoms with Crippen molar-refractivity contribution in [2.75, 3.05) is 6.61 Å². The molecule has 0 spiro atoms. The molecule has 4 rings (SSSR count). The van der Waals surface area contributed by atoms with Gasteiger partial charge in [-0.2, -0.15) is 5.10 Å². The fraction of sp³-hybridized carbons (Fsp3) is 0.324. The number of ether oxygens (including phenoxy) is 1. The van der Waals surface area contributed by atoms with Crippen LogP contribution in [0.15, 0.2) is 71.8 Å². The maximum absolute atomic E-state index is 13.1. The summed E-state index contributed by atoms with van der Waals surface area (Å²) in [6.07, 6.45) is 2.84. The number of carbonyl (C=O) groups excluding carboxylic acids is 2. The van der Waals surface area contributed by atoms with Gasteiger partial charge in [-0.15, -0.1) is 0 Å². The average molecular weight is 622 g/mol. The highest BCUT2D eigenvalue weighted by Crippen LogP contribution is 2.28. The SMILES string of the molecule is Cc1cccc(Cn2c(C)c(/C=N\NC(=O)[C@@H](CC(C)C)NC(=O)CCCOc3ccc(Cl)cc3Cl)c3ccccc32)c1. The third-order valence-corrected chi connectivity index (χ3v) is 7.66. The number of aromatic nitrogens is 1. The van der Waals surface area contributed by atoms with Gasteiger partial charge in [-0.25, -0.2) is 5.43 Å². The molecule has 1 aromatic heterocycles. The zero-order valence-electron chi connectivity index (χ0n) is 25.0. The molecule has 4 aromatic rings. The summed E-state index contributed by atoms with van der Waals surface area (Å²) in [5, 5.41) is 9.17. The van der Waals surface area contributed by atoms with Crippen LogP contribution in [0.3, 0.4) is 0 Å². The number of hydrazone groups is 1. The van der Waals surface area contributed by atoms with Crippen molar-refractivity contribution in [3.63, 3.8) is 0 Å². The van der Waals surface area contributed by atoms with Crippen molar-refractivity contribution >= 4 is 52.1 Å². The first kappa shape index (κ1) is 32.1. The fourth-order valence-corrected chi connectivity index (χ4v) is 5.50. The second kappa shape index (κ2) is 15.1. The number of carbonyl (C=O) groups is 2. The van der Waals surface area contributed by atoms with E-state index in [1.54, 1.807) is 24.4 Å². The van der Waals surface area contributed by atoms with Crippen LogP contribution in [-0.2, 0) is 16.1 Å². The van der Waals surface area contributed by atoms with Crippen molar-refractivity contribution in [3.05, 3.63) is 99.2 Å². The van der Waals surface area contributed by atoms with E-state index < -0.39 is 6.04 Å². The van der Waals surface area contributed by atoms with E-state index in [4.69, 9.17) is 27.9 Å². The molecular weight excluding hydrogens is 583 g/mol. The predicted molar refractivity (Wildman–Crippen MR) is 175 cm³/mol. The van der Waals surface area contributed by atoms with E-state index in [0.717, 1.165) is 28.7 Å². The molecule has 0 saturated heterocycles. The van der Waals surface area contributed by atoms with Crippen LogP contribution < -0.4 is 15.5 Å². The smallest absolute Gasteiger partial charge is 0.262 e. The number of amides is 2. The summed E-state index contributed by atoms with van der Waals surface area (Å²) in [5.74, 6) is 0.112. The van der Waals surface area contributed by atoms with E-state index >= 15 is 0 Å². The Hall–Kier alpha value is -3.81. The number of rotatable bonds is 13. The summed E-state index contributed by atoms with van der Waals surface area (Å²) >= 11 is 12.1. The Balaban J connectivity index is 1.38. The fourth-order valence-electron chi connectivity index (χ4n) is 5.03. The lowest BCUT2D eigenvalue weighted by atomic mass is 10.0. The molecule has 0 fully saturated rings. The molecule has 0 aliphatic rings. The maximum Gasteiger partial charge on any atom is 0.262 e. The third-order valence-electron chi connectivity index (χ3n) is 7.13. The standard InChI is InChI=1S/C34H38Cl2N4O3/c1-22(2)17-30(38-33(41)13-8-16-43-32-15-14-26(35)19-29(32)36)34(42)39-37-20-28-24(4)40(31-12-6-5-11-27(28)31)21-25-10-7-9-23(3)18-25/h5-7,9-12,14-15,18-20,22,30H,8,13,16-17,21H2,1-4H3,(H,38,41)(H,39,42)/b37-20-/t30-/m1/s1. The van der Waals surface area contributed by atoms with Crippen LogP contribution in [-0.4, -0.2) is 35.2 Å². The molecule has 0 aliphatic carbocycles. The van der Waals surface area contributed by atoms with Crippen LogP contribution >= 0.6 is 23.2 Å². The molecular formula is C34H38Cl2N4O3. The Morgan fingerprint density at radius 3 is 2.56 bits per heavy atom. The van der Waals surface area contributed by atoms with Gasteiger partial charge in [-0.05, 0) is 62.4 Å². The van der Waals surface area contributed by atoms with Crippen molar-refractivity contribution in [2.45, 2.75) is 59.5 Å². The second-order valence-electron chi connectivity index (χ2n) is 11.1. The summed E-state index contributed by atoms with van der Waals surface area (Å²) in [4.78, 5) is 25.8. The van der Waals surface area contributed by atoms with Crippen LogP contribution in [0, 0.1) is 19.8 Å². The minimum atomic E-state index is -0.708. The van der Waals surface area contributed by atoms with Gasteiger partial charge in [0, 0.05) is 40.1 Å². The highest BCUT2D eigenvalue weighted by molar-refractivity contribution is 6.35. The second-order valence-corrected chi connectivity index (χ2v) is 11.9. The third kappa shape index (κ3) is 8.85. The number of para-hydroxylation sites is 1. The molecule has 0 aliphatic heterocycles. The van der Waals surface area contributed by atoms with Crippen molar-refractivity contribution in [2.24, 2.45) is 11.0 Å². The highest BCUT2D eigenvalue weighted by atomic mass is 35.5. The summed E-state index contributed by atoms with van der Waals surface area (Å²) in [5.41, 5.74) is 8.18. The van der Waals surface area contributed by atoms with E-state index in [9.17, 15) is 9.59 Å². The molecule has 1 heterocycles. The molecule has 9 heteroatoms. The number of halogens is 2. The lowest BCUT2D eigenvalue weighted by Gasteiger charge is -2.19. The molecule has 43 heavy (non-hydrogen) atoms. The number of hydrogen-bond acceptors (Lipinski definition) is 4. The molecule has 1 atom stereocenters. The average Bonchev–Trinajstić information content (AvgIpc) is 3.21. The zero-order chi connectivity index (χ0) is 30.9. The van der Waals surface area contributed by atoms with Crippen LogP contribution in [0.5, 0.6) is 5.75 Å². The summed E-state index contributed by atoms with van der Waals surface area (Å²) < 4.78 is 7.93. The first-order chi connectivity index (χ1) is 20.6. The Morgan fingerprint density at radius 2 is 1.81 bits per heavy atom. The van der Waals surface area contributed by atoms with Gasteiger partial charge in [0.1, 0.15) is 11.8 Å². The predicted octanol–water partition coefficient (Wildman–Crippen LogP) is 7.45. The van der Waals surface area contributed by atoms with Gasteiger partial charge in [-0.3, -0.25) is 9.59 Å². The van der Waals surface area contributed by atoms with Crippen molar-refractivity contribution in [1.29, 1.82) is 0 Å². The Kier molecular flexibility index (Phi) is 11.3. The van der Waals surface area contributed by atoms with Crippen LogP contribution in [0.1, 0.15) is 55.5 Å². The van der Waals surface area contributed by atoms with Gasteiger partial charge in [0.2, 0.25) is 5.91 Å². The van der Waals surface area contributed by atoms with E-state index in [-0.39, 0.29) is 24.2 Å². The quantitative estimate of drug-likeness (QED) is 0.0924. The van der Waals surface area contributed by atoms with E-state index in [2.05, 4.69) is 70.7 Å². The van der Waals surface area contributed by atoms with E-state index in [1.165, 1.54) is 11.1 Å². The molecule has 2 N–H and O–H groups in total. The van der Waals surface area contributed by atoms with E-state index in [1.807, 2.05) is 26.0 Å². The monoisotopic (exact) mass is 620 g/mol. The van der Waals surface area contributed by atoms with Gasteiger partial charge in [0.15, 0.2) is 0 Å². The highest BCUT2D eigenvalue weighted by Gasteiger charge is 2.22. The number of fused-ring (bicyclic) bond motifs is 1. The zero-order valence-corrected chi connectivity index (χ0v) is 26.5. The molecule has 0 radical (unpaired) electrons. The molecule has 0 bridgehead atoms. The summed E-state index contributed by atoms with van der Waals surface area (Å²) in [7, 11) is 0. The van der Waals surface area contributed by atoms with Crippen molar-refractivity contribution < 1.29 is 14.3 Å². The molecule has 0 unspecified atom stereocenters. The number of nitrogens with zero attached hydrogens (tertiary/aromatic N) is 2. The minimum absolute atomic E-state index is 0.192. The van der Waals surface area contributed by atoms with Crippen LogP contribution in [0.25, 0.3) is 10.9 Å². The lowest BCUT2D eigenvalue weighted by molar-refractivity contribution is -0.129. The van der Waals surface area contributed by atoms with Gasteiger partial charge >= 0.3 is 0 Å². The van der Waals surface area contributed by atoms with Crippen LogP contribution in [0.4, 0.5) is 0 Å². The molecule has 7 nitrogen and oxygen atoms in total. The molecule has 3 aromatic carbocycles. The van der Waals surface area contributed by atoms with E-state index in [0.29, 0.717) is 35.2 Å². The summed E-state index contributed by atoms with van der Waals surface area (Å²) in [6, 6.07) is 20.9.